The molecule has 3 N–H and O–H groups in total. The van der Waals surface area contributed by atoms with Crippen LogP contribution < -0.4 is 15.4 Å². The molecule has 0 aliphatic carbocycles. The first-order valence-corrected chi connectivity index (χ1v) is 9.54. The average Bonchev–Trinajstić information content (AvgIpc) is 2.91. The van der Waals surface area contributed by atoms with E-state index in [0.717, 1.165) is 4.90 Å². The first kappa shape index (κ1) is 21.4. The average molecular weight is 417 g/mol. The Balaban J connectivity index is 1.76. The first-order valence-electron chi connectivity index (χ1n) is 9.54. The van der Waals surface area contributed by atoms with Crippen molar-refractivity contribution in [2.75, 3.05) is 13.2 Å². The minimum absolute atomic E-state index is 0.0189. The van der Waals surface area contributed by atoms with E-state index in [1.165, 1.54) is 18.2 Å². The first-order chi connectivity index (χ1) is 14.1. The number of nitrogens with one attached hydrogen (secondary N) is 2. The summed E-state index contributed by atoms with van der Waals surface area (Å²) in [5.74, 6) is -2.91. The van der Waals surface area contributed by atoms with Gasteiger partial charge in [0.1, 0.15) is 11.8 Å². The molecule has 1 atom stereocenters. The summed E-state index contributed by atoms with van der Waals surface area (Å²) in [7, 11) is 0. The molecule has 3 rings (SSSR count). The number of benzene rings is 1. The van der Waals surface area contributed by atoms with Crippen molar-refractivity contribution in [2.45, 2.75) is 44.7 Å². The van der Waals surface area contributed by atoms with Crippen molar-refractivity contribution in [2.24, 2.45) is 0 Å². The number of carbonyl (C=O) groups is 5. The number of ether oxygens (including phenoxy) is 1. The fraction of sp³-hybridized carbons (Fsp3) is 0.450. The van der Waals surface area contributed by atoms with Gasteiger partial charge in [0.2, 0.25) is 11.8 Å². The van der Waals surface area contributed by atoms with E-state index in [-0.39, 0.29) is 36.3 Å². The Kier molecular flexibility index (Phi) is 5.88. The number of nitrogens with zero attached hydrogens (tertiary/aromatic N) is 1. The molecule has 0 spiro atoms. The van der Waals surface area contributed by atoms with Crippen LogP contribution in [0.25, 0.3) is 0 Å². The molecule has 10 nitrogen and oxygen atoms in total. The number of aliphatic hydroxyl groups excluding tert-OH is 1. The van der Waals surface area contributed by atoms with Gasteiger partial charge in [-0.2, -0.15) is 0 Å². The molecule has 2 aliphatic rings. The van der Waals surface area contributed by atoms with Crippen molar-refractivity contribution in [3.8, 4) is 5.75 Å². The predicted octanol–water partition coefficient (Wildman–Crippen LogP) is -0.256. The summed E-state index contributed by atoms with van der Waals surface area (Å²) in [4.78, 5) is 62.2. The van der Waals surface area contributed by atoms with Crippen LogP contribution in [-0.4, -0.2) is 64.3 Å². The van der Waals surface area contributed by atoms with Gasteiger partial charge in [-0.1, -0.05) is 6.07 Å². The van der Waals surface area contributed by atoms with Gasteiger partial charge in [0.25, 0.3) is 17.7 Å². The molecule has 0 aromatic heterocycles. The Morgan fingerprint density at radius 1 is 1.27 bits per heavy atom. The summed E-state index contributed by atoms with van der Waals surface area (Å²) in [6, 6.07) is 3.34. The number of carbonyl (C=O) groups excluding carboxylic acids is 5. The van der Waals surface area contributed by atoms with E-state index in [0.29, 0.717) is 6.42 Å². The standard InChI is InChI=1S/C20H23N3O7/c1-20(2,8-9-24)22-15(26)10-30-13-5-3-4-11-16(13)19(29)23(18(11)28)12-6-7-14(25)21-17(12)27/h3-5,12,24H,6-10H2,1-2H3,(H,22,26)(H,21,25,27). The zero-order chi connectivity index (χ0) is 22.1. The lowest BCUT2D eigenvalue weighted by Crippen LogP contribution is -2.54. The van der Waals surface area contributed by atoms with Crippen LogP contribution in [0.15, 0.2) is 18.2 Å². The topological polar surface area (TPSA) is 142 Å². The number of piperidine rings is 1. The van der Waals surface area contributed by atoms with Crippen molar-refractivity contribution in [1.29, 1.82) is 0 Å². The van der Waals surface area contributed by atoms with Gasteiger partial charge < -0.3 is 15.2 Å². The van der Waals surface area contributed by atoms with Crippen LogP contribution in [0.4, 0.5) is 0 Å². The highest BCUT2D eigenvalue weighted by Crippen LogP contribution is 2.33. The molecule has 2 heterocycles. The summed E-state index contributed by atoms with van der Waals surface area (Å²) in [5, 5.41) is 13.9. The lowest BCUT2D eigenvalue weighted by Gasteiger charge is -2.27. The van der Waals surface area contributed by atoms with Gasteiger partial charge in [0.05, 0.1) is 11.1 Å². The molecule has 1 fully saturated rings. The zero-order valence-corrected chi connectivity index (χ0v) is 16.7. The predicted molar refractivity (Wildman–Crippen MR) is 103 cm³/mol. The number of aliphatic hydroxyl groups is 1. The van der Waals surface area contributed by atoms with Crippen molar-refractivity contribution >= 4 is 29.5 Å². The fourth-order valence-corrected chi connectivity index (χ4v) is 3.50. The zero-order valence-electron chi connectivity index (χ0n) is 16.7. The van der Waals surface area contributed by atoms with Crippen LogP contribution in [0.1, 0.15) is 53.8 Å². The molecule has 0 bridgehead atoms. The minimum Gasteiger partial charge on any atom is -0.483 e. The number of fused-ring (bicyclic) bond motifs is 1. The van der Waals surface area contributed by atoms with Crippen LogP contribution in [-0.2, 0) is 14.4 Å². The van der Waals surface area contributed by atoms with Crippen LogP contribution in [0, 0.1) is 0 Å². The second-order valence-corrected chi connectivity index (χ2v) is 7.82. The number of amides is 5. The normalized spacial score (nSPS) is 18.9. The lowest BCUT2D eigenvalue weighted by atomic mass is 10.0. The molecule has 5 amide bonds. The third-order valence-electron chi connectivity index (χ3n) is 5.00. The molecule has 0 radical (unpaired) electrons. The maximum absolute atomic E-state index is 12.9. The van der Waals surface area contributed by atoms with Crippen molar-refractivity contribution < 1.29 is 33.8 Å². The Labute approximate surface area is 172 Å². The van der Waals surface area contributed by atoms with E-state index < -0.39 is 47.7 Å². The largest absolute Gasteiger partial charge is 0.483 e. The van der Waals surface area contributed by atoms with E-state index in [4.69, 9.17) is 9.84 Å². The molecule has 1 aromatic carbocycles. The van der Waals surface area contributed by atoms with Crippen LogP contribution in [0.3, 0.4) is 0 Å². The summed E-state index contributed by atoms with van der Waals surface area (Å²) >= 11 is 0. The second-order valence-electron chi connectivity index (χ2n) is 7.82. The summed E-state index contributed by atoms with van der Waals surface area (Å²) < 4.78 is 5.50. The van der Waals surface area contributed by atoms with Crippen LogP contribution in [0.2, 0.25) is 0 Å². The van der Waals surface area contributed by atoms with E-state index in [1.54, 1.807) is 13.8 Å². The highest BCUT2D eigenvalue weighted by Gasteiger charge is 2.46. The van der Waals surface area contributed by atoms with Gasteiger partial charge >= 0.3 is 0 Å². The highest BCUT2D eigenvalue weighted by molar-refractivity contribution is 6.24. The molecule has 30 heavy (non-hydrogen) atoms. The van der Waals surface area contributed by atoms with Gasteiger partial charge in [-0.25, -0.2) is 0 Å². The van der Waals surface area contributed by atoms with Crippen molar-refractivity contribution in [3.63, 3.8) is 0 Å². The maximum atomic E-state index is 12.9. The second kappa shape index (κ2) is 8.23. The molecule has 2 aliphatic heterocycles. The summed E-state index contributed by atoms with van der Waals surface area (Å²) in [6.07, 6.45) is 0.430. The monoisotopic (exact) mass is 417 g/mol. The van der Waals surface area contributed by atoms with Gasteiger partial charge in [0, 0.05) is 18.6 Å². The molecule has 1 unspecified atom stereocenters. The highest BCUT2D eigenvalue weighted by atomic mass is 16.5. The number of rotatable bonds is 7. The number of imide groups is 2. The van der Waals surface area contributed by atoms with Crippen LogP contribution >= 0.6 is 0 Å². The minimum atomic E-state index is -1.08. The maximum Gasteiger partial charge on any atom is 0.266 e. The Hall–Kier alpha value is -3.27. The lowest BCUT2D eigenvalue weighted by molar-refractivity contribution is -0.136. The SMILES string of the molecule is CC(C)(CCO)NC(=O)COc1cccc2c1C(=O)N(C1CCC(=O)NC1=O)C2=O. The Morgan fingerprint density at radius 3 is 2.67 bits per heavy atom. The molecular formula is C20H23N3O7. The molecule has 1 aromatic rings. The van der Waals surface area contributed by atoms with Gasteiger partial charge in [-0.05, 0) is 38.8 Å². The Morgan fingerprint density at radius 2 is 2.00 bits per heavy atom. The summed E-state index contributed by atoms with van der Waals surface area (Å²) in [5.41, 5.74) is -0.583. The fourth-order valence-electron chi connectivity index (χ4n) is 3.50. The third-order valence-corrected chi connectivity index (χ3v) is 5.00. The van der Waals surface area contributed by atoms with E-state index in [9.17, 15) is 24.0 Å². The quantitative estimate of drug-likeness (QED) is 0.519. The third kappa shape index (κ3) is 4.18. The molecule has 10 heteroatoms. The molecule has 0 saturated carbocycles. The van der Waals surface area contributed by atoms with Crippen molar-refractivity contribution in [3.05, 3.63) is 29.3 Å². The van der Waals surface area contributed by atoms with Crippen molar-refractivity contribution in [1.82, 2.24) is 15.5 Å². The van der Waals surface area contributed by atoms with E-state index in [1.807, 2.05) is 0 Å². The van der Waals surface area contributed by atoms with E-state index in [2.05, 4.69) is 10.6 Å². The van der Waals surface area contributed by atoms with Crippen LogP contribution in [0.5, 0.6) is 5.75 Å². The number of hydrogen-bond acceptors (Lipinski definition) is 7. The van der Waals surface area contributed by atoms with Gasteiger partial charge in [0.15, 0.2) is 6.61 Å². The van der Waals surface area contributed by atoms with Gasteiger partial charge in [-0.3, -0.25) is 34.2 Å². The molecule has 1 saturated heterocycles. The summed E-state index contributed by atoms with van der Waals surface area (Å²) in [6.45, 7) is 3.01. The Bertz CT molecular complexity index is 925. The number of hydrogen-bond donors (Lipinski definition) is 3. The molecular weight excluding hydrogens is 394 g/mol. The smallest absolute Gasteiger partial charge is 0.266 e. The van der Waals surface area contributed by atoms with E-state index >= 15 is 0 Å². The molecule has 160 valence electrons. The van der Waals surface area contributed by atoms with Gasteiger partial charge in [-0.15, -0.1) is 0 Å².